The van der Waals surface area contributed by atoms with E-state index in [9.17, 15) is 4.79 Å². The van der Waals surface area contributed by atoms with Gasteiger partial charge in [0.1, 0.15) is 17.0 Å². The summed E-state index contributed by atoms with van der Waals surface area (Å²) in [6.07, 6.45) is 4.60. The molecule has 8 nitrogen and oxygen atoms in total. The fraction of sp³-hybridized carbons (Fsp3) is 0.190. The molecular formula is C21H21N7O. The van der Waals surface area contributed by atoms with Crippen molar-refractivity contribution in [1.29, 1.82) is 0 Å². The maximum Gasteiger partial charge on any atom is 0.223 e. The van der Waals surface area contributed by atoms with E-state index in [1.807, 2.05) is 60.0 Å². The summed E-state index contributed by atoms with van der Waals surface area (Å²) in [5.41, 5.74) is 10.1. The summed E-state index contributed by atoms with van der Waals surface area (Å²) in [5, 5.41) is 3.14. The molecule has 4 aromatic heterocycles. The summed E-state index contributed by atoms with van der Waals surface area (Å²) in [7, 11) is 0. The number of amides is 1. The Balaban J connectivity index is 1.74. The van der Waals surface area contributed by atoms with Crippen molar-refractivity contribution in [2.75, 3.05) is 11.9 Å². The molecule has 8 heteroatoms. The van der Waals surface area contributed by atoms with Crippen LogP contribution in [-0.2, 0) is 4.79 Å². The van der Waals surface area contributed by atoms with Gasteiger partial charge in [-0.1, -0.05) is 12.1 Å². The zero-order valence-corrected chi connectivity index (χ0v) is 16.0. The lowest BCUT2D eigenvalue weighted by Gasteiger charge is -2.08. The number of hydrogen-bond acceptors (Lipinski definition) is 6. The number of carbonyl (C=O) groups excluding carboxylic acids is 1. The summed E-state index contributed by atoms with van der Waals surface area (Å²) in [6.45, 7) is 2.52. The van der Waals surface area contributed by atoms with E-state index in [1.165, 1.54) is 0 Å². The Hall–Kier alpha value is -3.81. The van der Waals surface area contributed by atoms with Crippen molar-refractivity contribution >= 4 is 17.5 Å². The number of nitrogens with one attached hydrogen (secondary N) is 1. The van der Waals surface area contributed by atoms with E-state index < -0.39 is 0 Å². The molecule has 146 valence electrons. The van der Waals surface area contributed by atoms with Crippen LogP contribution >= 0.6 is 0 Å². The van der Waals surface area contributed by atoms with Gasteiger partial charge in [-0.05, 0) is 43.7 Å². The average molecular weight is 387 g/mol. The third kappa shape index (κ3) is 4.06. The molecule has 4 aromatic rings. The number of rotatable bonds is 7. The lowest BCUT2D eigenvalue weighted by molar-refractivity contribution is -0.118. The van der Waals surface area contributed by atoms with Gasteiger partial charge in [-0.3, -0.25) is 14.2 Å². The van der Waals surface area contributed by atoms with Gasteiger partial charge in [0.2, 0.25) is 11.9 Å². The van der Waals surface area contributed by atoms with Gasteiger partial charge in [0.05, 0.1) is 11.4 Å². The normalized spacial score (nSPS) is 10.9. The van der Waals surface area contributed by atoms with Crippen molar-refractivity contribution in [3.8, 4) is 22.8 Å². The van der Waals surface area contributed by atoms with Crippen LogP contribution in [0.15, 0.2) is 54.9 Å². The molecule has 0 aromatic carbocycles. The van der Waals surface area contributed by atoms with Gasteiger partial charge < -0.3 is 11.1 Å². The minimum absolute atomic E-state index is 0.317. The van der Waals surface area contributed by atoms with Crippen LogP contribution in [0.3, 0.4) is 0 Å². The van der Waals surface area contributed by atoms with Gasteiger partial charge in [0, 0.05) is 31.1 Å². The second-order valence-electron chi connectivity index (χ2n) is 6.66. The van der Waals surface area contributed by atoms with E-state index in [4.69, 9.17) is 10.7 Å². The summed E-state index contributed by atoms with van der Waals surface area (Å²) in [4.78, 5) is 29.3. The van der Waals surface area contributed by atoms with Crippen LogP contribution in [0.25, 0.3) is 28.4 Å². The number of imidazole rings is 1. The Labute approximate surface area is 167 Å². The highest BCUT2D eigenvalue weighted by atomic mass is 16.1. The van der Waals surface area contributed by atoms with Crippen LogP contribution in [0.4, 0.5) is 5.95 Å². The molecule has 0 fully saturated rings. The van der Waals surface area contributed by atoms with Crippen LogP contribution in [0.2, 0.25) is 0 Å². The molecule has 0 radical (unpaired) electrons. The van der Waals surface area contributed by atoms with Crippen LogP contribution in [0.5, 0.6) is 0 Å². The number of carbonyl (C=O) groups is 1. The fourth-order valence-corrected chi connectivity index (χ4v) is 3.13. The standard InChI is InChI=1S/C21H21N7O/c1-14-6-4-7-15(25-14)19-20(28-13-3-2-9-18(28)27-19)16-10-12-24-21(26-16)23-11-5-8-17(22)29/h2-4,6-7,9-10,12-13H,5,8,11H2,1H3,(H2,22,29)(H,23,24,26). The number of aromatic nitrogens is 5. The van der Waals surface area contributed by atoms with E-state index >= 15 is 0 Å². The van der Waals surface area contributed by atoms with Gasteiger partial charge in [-0.2, -0.15) is 0 Å². The molecule has 1 amide bonds. The molecule has 0 saturated carbocycles. The van der Waals surface area contributed by atoms with E-state index in [-0.39, 0.29) is 5.91 Å². The van der Waals surface area contributed by atoms with Crippen molar-refractivity contribution in [3.63, 3.8) is 0 Å². The molecule has 0 saturated heterocycles. The fourth-order valence-electron chi connectivity index (χ4n) is 3.13. The number of anilines is 1. The molecule has 0 unspecified atom stereocenters. The van der Waals surface area contributed by atoms with E-state index in [1.54, 1.807) is 6.20 Å². The topological polar surface area (TPSA) is 111 Å². The summed E-state index contributed by atoms with van der Waals surface area (Å²) >= 11 is 0. The second kappa shape index (κ2) is 8.05. The third-order valence-corrected chi connectivity index (χ3v) is 4.44. The molecule has 4 rings (SSSR count). The molecule has 0 spiro atoms. The van der Waals surface area contributed by atoms with Crippen LogP contribution in [-0.4, -0.2) is 36.8 Å². The number of hydrogen-bond donors (Lipinski definition) is 2. The van der Waals surface area contributed by atoms with Gasteiger partial charge in [0.15, 0.2) is 0 Å². The molecule has 0 atom stereocenters. The molecule has 0 aliphatic carbocycles. The van der Waals surface area contributed by atoms with Gasteiger partial charge in [-0.25, -0.2) is 15.0 Å². The molecule has 0 bridgehead atoms. The lowest BCUT2D eigenvalue weighted by atomic mass is 10.1. The number of fused-ring (bicyclic) bond motifs is 1. The summed E-state index contributed by atoms with van der Waals surface area (Å²) in [5.74, 6) is 0.170. The lowest BCUT2D eigenvalue weighted by Crippen LogP contribution is -2.13. The number of nitrogens with zero attached hydrogens (tertiary/aromatic N) is 5. The highest BCUT2D eigenvalue weighted by molar-refractivity contribution is 5.79. The zero-order chi connectivity index (χ0) is 20.2. The minimum atomic E-state index is -0.317. The monoisotopic (exact) mass is 387 g/mol. The predicted molar refractivity (Wildman–Crippen MR) is 111 cm³/mol. The number of aryl methyl sites for hydroxylation is 1. The Morgan fingerprint density at radius 1 is 1.07 bits per heavy atom. The quantitative estimate of drug-likeness (QED) is 0.472. The largest absolute Gasteiger partial charge is 0.370 e. The number of nitrogens with two attached hydrogens (primary N) is 1. The first-order valence-electron chi connectivity index (χ1n) is 9.38. The first-order valence-corrected chi connectivity index (χ1v) is 9.38. The van der Waals surface area contributed by atoms with Crippen LogP contribution in [0, 0.1) is 6.92 Å². The van der Waals surface area contributed by atoms with Crippen molar-refractivity contribution in [2.45, 2.75) is 19.8 Å². The van der Waals surface area contributed by atoms with Crippen molar-refractivity contribution < 1.29 is 4.79 Å². The number of pyridine rings is 2. The molecular weight excluding hydrogens is 366 g/mol. The van der Waals surface area contributed by atoms with Gasteiger partial charge >= 0.3 is 0 Å². The Kier molecular flexibility index (Phi) is 5.15. The molecule has 3 N–H and O–H groups in total. The third-order valence-electron chi connectivity index (χ3n) is 4.44. The SMILES string of the molecule is Cc1cccc(-c2nc3ccccn3c2-c2ccnc(NCCCC(N)=O)n2)n1. The first kappa shape index (κ1) is 18.5. The smallest absolute Gasteiger partial charge is 0.223 e. The van der Waals surface area contributed by atoms with Gasteiger partial charge in [-0.15, -0.1) is 0 Å². The van der Waals surface area contributed by atoms with Crippen molar-refractivity contribution in [2.24, 2.45) is 5.73 Å². The molecule has 4 heterocycles. The van der Waals surface area contributed by atoms with E-state index in [2.05, 4.69) is 20.3 Å². The Morgan fingerprint density at radius 3 is 2.79 bits per heavy atom. The molecule has 29 heavy (non-hydrogen) atoms. The summed E-state index contributed by atoms with van der Waals surface area (Å²) < 4.78 is 2.00. The van der Waals surface area contributed by atoms with E-state index in [0.717, 1.165) is 34.1 Å². The Bertz CT molecular complexity index is 1170. The number of primary amides is 1. The van der Waals surface area contributed by atoms with Crippen LogP contribution in [0.1, 0.15) is 18.5 Å². The second-order valence-corrected chi connectivity index (χ2v) is 6.66. The van der Waals surface area contributed by atoms with Gasteiger partial charge in [0.25, 0.3) is 0 Å². The first-order chi connectivity index (χ1) is 14.1. The maximum atomic E-state index is 10.9. The van der Waals surface area contributed by atoms with E-state index in [0.29, 0.717) is 25.3 Å². The average Bonchev–Trinajstić information content (AvgIpc) is 3.11. The highest BCUT2D eigenvalue weighted by Crippen LogP contribution is 2.31. The highest BCUT2D eigenvalue weighted by Gasteiger charge is 2.18. The summed E-state index contributed by atoms with van der Waals surface area (Å²) in [6, 6.07) is 13.6. The maximum absolute atomic E-state index is 10.9. The molecule has 0 aliphatic rings. The zero-order valence-electron chi connectivity index (χ0n) is 16.0. The van der Waals surface area contributed by atoms with Crippen molar-refractivity contribution in [3.05, 3.63) is 60.6 Å². The van der Waals surface area contributed by atoms with Crippen molar-refractivity contribution in [1.82, 2.24) is 24.3 Å². The minimum Gasteiger partial charge on any atom is -0.370 e. The Morgan fingerprint density at radius 2 is 1.97 bits per heavy atom. The predicted octanol–water partition coefficient (Wildman–Crippen LogP) is 2.84. The molecule has 0 aliphatic heterocycles. The van der Waals surface area contributed by atoms with Crippen LogP contribution < -0.4 is 11.1 Å².